The molecule has 268 valence electrons. The highest BCUT2D eigenvalue weighted by Crippen LogP contribution is 2.49. The lowest BCUT2D eigenvalue weighted by Gasteiger charge is -2.34. The second-order valence-corrected chi connectivity index (χ2v) is 15.2. The van der Waals surface area contributed by atoms with Gasteiger partial charge in [-0.25, -0.2) is 22.5 Å². The number of aromatic amines is 1. The summed E-state index contributed by atoms with van der Waals surface area (Å²) in [5.41, 5.74) is 0.456. The molecule has 15 heteroatoms. The number of amides is 1. The summed E-state index contributed by atoms with van der Waals surface area (Å²) in [6.45, 7) is 2.87. The maximum Gasteiger partial charge on any atom is 0.337 e. The smallest absolute Gasteiger partial charge is 0.337 e. The highest BCUT2D eigenvalue weighted by Gasteiger charge is 2.48. The lowest BCUT2D eigenvalue weighted by Crippen LogP contribution is -2.50. The number of carbonyl (C=O) groups excluding carboxylic acids is 2. The van der Waals surface area contributed by atoms with E-state index < -0.39 is 39.5 Å². The van der Waals surface area contributed by atoms with Crippen LogP contribution in [0.5, 0.6) is 0 Å². The molecule has 2 aliphatic rings. The number of fused-ring (bicyclic) bond motifs is 1. The maximum atomic E-state index is 14.8. The number of benzene rings is 3. The Morgan fingerprint density at radius 2 is 1.54 bits per heavy atom. The number of halogens is 2. The molecule has 2 aliphatic heterocycles. The van der Waals surface area contributed by atoms with E-state index in [0.29, 0.717) is 47.4 Å². The van der Waals surface area contributed by atoms with Gasteiger partial charge >= 0.3 is 5.97 Å². The molecule has 1 saturated heterocycles. The molecule has 5 aromatic rings. The molecule has 1 fully saturated rings. The number of piperazine rings is 1. The van der Waals surface area contributed by atoms with Crippen LogP contribution in [0.25, 0.3) is 0 Å². The molecule has 2 atom stereocenters. The van der Waals surface area contributed by atoms with E-state index in [0.717, 1.165) is 18.8 Å². The Balaban J connectivity index is 1.32. The Bertz CT molecular complexity index is 2270. The molecule has 0 bridgehead atoms. The number of aromatic nitrogens is 3. The maximum absolute atomic E-state index is 14.8. The van der Waals surface area contributed by atoms with Crippen molar-refractivity contribution in [2.24, 2.45) is 0 Å². The van der Waals surface area contributed by atoms with Gasteiger partial charge in [0.15, 0.2) is 0 Å². The predicted octanol–water partition coefficient (Wildman–Crippen LogP) is 5.20. The van der Waals surface area contributed by atoms with Crippen LogP contribution in [0.3, 0.4) is 0 Å². The quantitative estimate of drug-likeness (QED) is 0.203. The van der Waals surface area contributed by atoms with Gasteiger partial charge in [-0.3, -0.25) is 19.1 Å². The van der Waals surface area contributed by atoms with Crippen molar-refractivity contribution in [1.82, 2.24) is 24.3 Å². The SMILES string of the molecule is COC(=O)c1cccc(S(=O)(=O)N2c3ccc(C(=O)N4CCN(CCc5ncc[nH]5)CC4)c(=O)n3C(c3ccc(Cl)cc3)C2c2ccc(Cl)cc2)c1. The Labute approximate surface area is 310 Å². The van der Waals surface area contributed by atoms with Crippen molar-refractivity contribution in [3.05, 3.63) is 146 Å². The molecule has 4 heterocycles. The number of nitrogens with zero attached hydrogens (tertiary/aromatic N) is 5. The zero-order valence-corrected chi connectivity index (χ0v) is 30.3. The van der Waals surface area contributed by atoms with Gasteiger partial charge in [0.2, 0.25) is 0 Å². The first kappa shape index (κ1) is 35.5. The summed E-state index contributed by atoms with van der Waals surface area (Å²) in [5.74, 6) is -0.197. The molecule has 0 saturated carbocycles. The summed E-state index contributed by atoms with van der Waals surface area (Å²) in [7, 11) is -3.26. The van der Waals surface area contributed by atoms with Gasteiger partial charge in [-0.05, 0) is 65.7 Å². The van der Waals surface area contributed by atoms with Crippen LogP contribution in [-0.2, 0) is 21.2 Å². The van der Waals surface area contributed by atoms with E-state index in [4.69, 9.17) is 27.9 Å². The van der Waals surface area contributed by atoms with Crippen LogP contribution in [0.2, 0.25) is 10.0 Å². The number of H-pyrrole nitrogens is 1. The van der Waals surface area contributed by atoms with Crippen LogP contribution in [0, 0.1) is 0 Å². The zero-order valence-electron chi connectivity index (χ0n) is 28.0. The first-order chi connectivity index (χ1) is 25.1. The highest BCUT2D eigenvalue weighted by molar-refractivity contribution is 7.92. The number of imidazole rings is 1. The van der Waals surface area contributed by atoms with Gasteiger partial charge in [0.25, 0.3) is 21.5 Å². The molecule has 1 N–H and O–H groups in total. The standard InChI is InChI=1S/C37H34Cl2N6O6S/c1-51-37(48)26-3-2-4-29(23-26)52(49,50)45-32-14-13-30(35(46)43-21-19-42(20-22-43)18-15-31-40-16-17-41-31)36(47)44(32)33(24-5-9-27(38)10-6-24)34(45)25-7-11-28(39)12-8-25/h2-14,16-17,23,33-34H,15,18-22H2,1H3,(H,40,41). The van der Waals surface area contributed by atoms with Gasteiger partial charge in [0, 0.05) is 61.6 Å². The van der Waals surface area contributed by atoms with Gasteiger partial charge in [-0.15, -0.1) is 0 Å². The monoisotopic (exact) mass is 760 g/mol. The number of carbonyl (C=O) groups is 2. The molecule has 2 aromatic heterocycles. The van der Waals surface area contributed by atoms with Gasteiger partial charge in [-0.2, -0.15) is 0 Å². The second kappa shape index (κ2) is 14.6. The van der Waals surface area contributed by atoms with Crippen LogP contribution in [0.1, 0.15) is 49.8 Å². The van der Waals surface area contributed by atoms with E-state index in [1.807, 2.05) is 0 Å². The Morgan fingerprint density at radius 3 is 2.15 bits per heavy atom. The lowest BCUT2D eigenvalue weighted by atomic mass is 9.94. The van der Waals surface area contributed by atoms with Gasteiger partial charge < -0.3 is 14.6 Å². The predicted molar refractivity (Wildman–Crippen MR) is 197 cm³/mol. The first-order valence-corrected chi connectivity index (χ1v) is 18.8. The normalized spacial score (nSPS) is 17.6. The molecule has 0 aliphatic carbocycles. The molecular weight excluding hydrogens is 727 g/mol. The van der Waals surface area contributed by atoms with Gasteiger partial charge in [-0.1, -0.05) is 53.5 Å². The summed E-state index contributed by atoms with van der Waals surface area (Å²) >= 11 is 12.5. The fourth-order valence-corrected chi connectivity index (χ4v) is 8.80. The number of methoxy groups -OCH3 is 1. The molecule has 7 rings (SSSR count). The summed E-state index contributed by atoms with van der Waals surface area (Å²) in [6, 6.07) is 20.0. The summed E-state index contributed by atoms with van der Waals surface area (Å²) in [4.78, 5) is 52.3. The van der Waals surface area contributed by atoms with E-state index in [9.17, 15) is 22.8 Å². The fourth-order valence-electron chi connectivity index (χ4n) is 6.87. The summed E-state index contributed by atoms with van der Waals surface area (Å²) in [5, 5.41) is 0.891. The molecule has 0 radical (unpaired) electrons. The number of hydrogen-bond acceptors (Lipinski definition) is 8. The molecule has 52 heavy (non-hydrogen) atoms. The third kappa shape index (κ3) is 6.72. The molecular formula is C37H34Cl2N6O6S. The van der Waals surface area contributed by atoms with E-state index in [2.05, 4.69) is 14.9 Å². The van der Waals surface area contributed by atoms with E-state index in [1.165, 1.54) is 52.4 Å². The van der Waals surface area contributed by atoms with E-state index in [-0.39, 0.29) is 21.8 Å². The van der Waals surface area contributed by atoms with Crippen LogP contribution in [0.4, 0.5) is 5.82 Å². The van der Waals surface area contributed by atoms with Crippen molar-refractivity contribution < 1.29 is 22.7 Å². The average molecular weight is 762 g/mol. The molecule has 2 unspecified atom stereocenters. The molecule has 3 aromatic carbocycles. The van der Waals surface area contributed by atoms with Crippen molar-refractivity contribution in [3.63, 3.8) is 0 Å². The molecule has 12 nitrogen and oxygen atoms in total. The lowest BCUT2D eigenvalue weighted by molar-refractivity contribution is 0.0599. The number of sulfonamides is 1. The molecule has 0 spiro atoms. The minimum absolute atomic E-state index is 0.0412. The Hall–Kier alpha value is -4.95. The van der Waals surface area contributed by atoms with E-state index in [1.54, 1.807) is 65.8 Å². The highest BCUT2D eigenvalue weighted by atomic mass is 35.5. The number of anilines is 1. The summed E-state index contributed by atoms with van der Waals surface area (Å²) in [6.07, 6.45) is 4.25. The Kier molecular flexibility index (Phi) is 9.94. The topological polar surface area (TPSA) is 138 Å². The largest absolute Gasteiger partial charge is 0.465 e. The zero-order chi connectivity index (χ0) is 36.6. The van der Waals surface area contributed by atoms with Crippen molar-refractivity contribution >= 4 is 50.9 Å². The minimum Gasteiger partial charge on any atom is -0.465 e. The van der Waals surface area contributed by atoms with Gasteiger partial charge in [0.1, 0.15) is 17.2 Å². The van der Waals surface area contributed by atoms with E-state index >= 15 is 0 Å². The first-order valence-electron chi connectivity index (χ1n) is 16.6. The number of nitrogens with one attached hydrogen (secondary N) is 1. The second-order valence-electron chi connectivity index (χ2n) is 12.5. The van der Waals surface area contributed by atoms with Crippen molar-refractivity contribution in [1.29, 1.82) is 0 Å². The van der Waals surface area contributed by atoms with Gasteiger partial charge in [0.05, 0.1) is 29.7 Å². The third-order valence-electron chi connectivity index (χ3n) is 9.50. The Morgan fingerprint density at radius 1 is 0.885 bits per heavy atom. The number of ether oxygens (including phenoxy) is 1. The number of pyridine rings is 1. The number of esters is 1. The van der Waals surface area contributed by atoms with Crippen molar-refractivity contribution in [3.8, 4) is 0 Å². The van der Waals surface area contributed by atoms with Crippen LogP contribution in [-0.4, -0.2) is 84.5 Å². The van der Waals surface area contributed by atoms with Crippen LogP contribution >= 0.6 is 23.2 Å². The number of hydrogen-bond donors (Lipinski definition) is 1. The van der Waals surface area contributed by atoms with Crippen LogP contribution < -0.4 is 9.86 Å². The van der Waals surface area contributed by atoms with Crippen molar-refractivity contribution in [2.75, 3.05) is 44.1 Å². The third-order valence-corrected chi connectivity index (χ3v) is 11.8. The fraction of sp³-hybridized carbons (Fsp3) is 0.243. The summed E-state index contributed by atoms with van der Waals surface area (Å²) < 4.78 is 37.0. The van der Waals surface area contributed by atoms with Crippen molar-refractivity contribution in [2.45, 2.75) is 23.4 Å². The number of rotatable bonds is 9. The molecule has 1 amide bonds. The van der Waals surface area contributed by atoms with Crippen LogP contribution in [0.15, 0.2) is 107 Å². The minimum atomic E-state index is -4.47. The average Bonchev–Trinajstić information content (AvgIpc) is 3.82.